The lowest BCUT2D eigenvalue weighted by molar-refractivity contribution is -0.140. The molecule has 1 unspecified atom stereocenters. The minimum Gasteiger partial charge on any atom is -0.505 e. The third kappa shape index (κ3) is 4.33. The molecule has 4 heterocycles. The lowest BCUT2D eigenvalue weighted by Crippen LogP contribution is -2.39. The summed E-state index contributed by atoms with van der Waals surface area (Å²) in [6, 6.07) is 10.3. The summed E-state index contributed by atoms with van der Waals surface area (Å²) < 4.78 is 21.3. The van der Waals surface area contributed by atoms with Gasteiger partial charge in [0.2, 0.25) is 0 Å². The first-order valence-corrected chi connectivity index (χ1v) is 11.7. The Morgan fingerprint density at radius 1 is 1.14 bits per heavy atom. The second kappa shape index (κ2) is 9.59. The van der Waals surface area contributed by atoms with E-state index in [0.717, 1.165) is 19.6 Å². The third-order valence-corrected chi connectivity index (χ3v) is 6.61. The molecule has 0 spiro atoms. The number of aromatic nitrogens is 2. The van der Waals surface area contributed by atoms with Gasteiger partial charge in [-0.3, -0.25) is 18.9 Å². The Morgan fingerprint density at radius 2 is 1.94 bits per heavy atom. The number of imidazole rings is 1. The monoisotopic (exact) mass is 478 g/mol. The van der Waals surface area contributed by atoms with Crippen molar-refractivity contribution in [2.45, 2.75) is 19.4 Å². The van der Waals surface area contributed by atoms with Gasteiger partial charge in [0.15, 0.2) is 5.76 Å². The van der Waals surface area contributed by atoms with E-state index in [9.17, 15) is 19.1 Å². The molecule has 2 fully saturated rings. The number of fused-ring (bicyclic) bond motifs is 1. The molecule has 1 amide bonds. The number of pyridine rings is 1. The first-order valence-electron chi connectivity index (χ1n) is 11.7. The van der Waals surface area contributed by atoms with E-state index in [2.05, 4.69) is 9.88 Å². The highest BCUT2D eigenvalue weighted by Crippen LogP contribution is 2.40. The van der Waals surface area contributed by atoms with Crippen molar-refractivity contribution < 1.29 is 23.8 Å². The van der Waals surface area contributed by atoms with Crippen molar-refractivity contribution >= 4 is 23.1 Å². The number of carbonyl (C=O) groups is 2. The van der Waals surface area contributed by atoms with Crippen LogP contribution in [-0.2, 0) is 14.3 Å². The maximum atomic E-state index is 14.2. The van der Waals surface area contributed by atoms with Gasteiger partial charge in [0, 0.05) is 32.4 Å². The van der Waals surface area contributed by atoms with Crippen molar-refractivity contribution in [3.05, 3.63) is 77.0 Å². The molecule has 2 saturated heterocycles. The van der Waals surface area contributed by atoms with Gasteiger partial charge >= 0.3 is 0 Å². The van der Waals surface area contributed by atoms with Gasteiger partial charge in [-0.2, -0.15) is 0 Å². The number of carbonyl (C=O) groups excluding carboxylic acids is 2. The molecular weight excluding hydrogens is 451 g/mol. The van der Waals surface area contributed by atoms with E-state index in [0.29, 0.717) is 48.8 Å². The molecule has 3 aromatic rings. The molecular formula is C26H27FN4O4. The van der Waals surface area contributed by atoms with Crippen LogP contribution in [0.4, 0.5) is 4.39 Å². The van der Waals surface area contributed by atoms with Crippen molar-refractivity contribution in [2.24, 2.45) is 0 Å². The van der Waals surface area contributed by atoms with E-state index in [1.807, 2.05) is 6.07 Å². The van der Waals surface area contributed by atoms with Gasteiger partial charge in [-0.1, -0.05) is 18.2 Å². The largest absolute Gasteiger partial charge is 0.505 e. The molecule has 182 valence electrons. The van der Waals surface area contributed by atoms with Crippen LogP contribution in [0.2, 0.25) is 0 Å². The van der Waals surface area contributed by atoms with Crippen LogP contribution in [0, 0.1) is 12.7 Å². The minimum atomic E-state index is -0.899. The molecule has 0 radical (unpaired) electrons. The molecule has 5 rings (SSSR count). The number of ketones is 1. The summed E-state index contributed by atoms with van der Waals surface area (Å²) in [7, 11) is 0. The number of aliphatic hydroxyl groups excluding tert-OH is 1. The van der Waals surface area contributed by atoms with Crippen molar-refractivity contribution in [3.8, 4) is 0 Å². The summed E-state index contributed by atoms with van der Waals surface area (Å²) >= 11 is 0. The number of ether oxygens (including phenoxy) is 1. The minimum absolute atomic E-state index is 0.0549. The van der Waals surface area contributed by atoms with Crippen molar-refractivity contribution in [1.29, 1.82) is 0 Å². The Balaban J connectivity index is 1.55. The molecule has 0 saturated carbocycles. The van der Waals surface area contributed by atoms with Gasteiger partial charge < -0.3 is 14.7 Å². The number of aryl methyl sites for hydroxylation is 1. The van der Waals surface area contributed by atoms with Gasteiger partial charge in [-0.05, 0) is 43.2 Å². The first kappa shape index (κ1) is 23.2. The Morgan fingerprint density at radius 3 is 2.71 bits per heavy atom. The molecule has 0 aliphatic carbocycles. The lowest BCUT2D eigenvalue weighted by atomic mass is 9.96. The van der Waals surface area contributed by atoms with Crippen LogP contribution >= 0.6 is 0 Å². The predicted octanol–water partition coefficient (Wildman–Crippen LogP) is 2.93. The second-order valence-corrected chi connectivity index (χ2v) is 8.83. The van der Waals surface area contributed by atoms with Crippen LogP contribution in [0.5, 0.6) is 0 Å². The number of amides is 1. The van der Waals surface area contributed by atoms with E-state index >= 15 is 0 Å². The standard InChI is InChI=1S/C26H27FN4O4/c1-17-22(30-10-3-2-8-20(30)28-17)24(32)21-23(18-6-4-7-19(27)16-18)31(26(34)25(21)33)11-5-9-29-12-14-35-15-13-29/h2-4,6-8,10,16,23,32H,5,9,11-15H2,1H3/b24-21+. The number of benzene rings is 1. The molecule has 1 aromatic carbocycles. The first-order chi connectivity index (χ1) is 17.0. The Kier molecular flexibility index (Phi) is 6.36. The number of halogens is 1. The highest BCUT2D eigenvalue weighted by Gasteiger charge is 2.46. The van der Waals surface area contributed by atoms with Gasteiger partial charge in [0.25, 0.3) is 11.7 Å². The van der Waals surface area contributed by atoms with E-state index in [1.54, 1.807) is 35.7 Å². The van der Waals surface area contributed by atoms with Crippen molar-refractivity contribution in [1.82, 2.24) is 19.2 Å². The quantitative estimate of drug-likeness (QED) is 0.333. The number of hydrogen-bond acceptors (Lipinski definition) is 6. The SMILES string of the molecule is Cc1nc2ccccn2c1/C(O)=C1\C(=O)C(=O)N(CCCN2CCOCC2)C1c1cccc(F)c1. The maximum absolute atomic E-state index is 14.2. The van der Waals surface area contributed by atoms with Crippen LogP contribution in [-0.4, -0.2) is 75.4 Å². The Bertz CT molecular complexity index is 1310. The molecule has 2 aliphatic rings. The van der Waals surface area contributed by atoms with E-state index in [-0.39, 0.29) is 11.3 Å². The van der Waals surface area contributed by atoms with E-state index < -0.39 is 23.5 Å². The maximum Gasteiger partial charge on any atom is 0.295 e. The topological polar surface area (TPSA) is 87.4 Å². The third-order valence-electron chi connectivity index (χ3n) is 6.61. The summed E-state index contributed by atoms with van der Waals surface area (Å²) in [5, 5.41) is 11.4. The number of rotatable bonds is 6. The van der Waals surface area contributed by atoms with Gasteiger partial charge in [-0.25, -0.2) is 9.37 Å². The normalized spacial score (nSPS) is 20.7. The zero-order valence-electron chi connectivity index (χ0n) is 19.5. The fraction of sp³-hybridized carbons (Fsp3) is 0.346. The van der Waals surface area contributed by atoms with Gasteiger partial charge in [0.1, 0.15) is 17.2 Å². The molecule has 8 nitrogen and oxygen atoms in total. The van der Waals surface area contributed by atoms with E-state index in [4.69, 9.17) is 4.74 Å². The zero-order chi connectivity index (χ0) is 24.5. The lowest BCUT2D eigenvalue weighted by Gasteiger charge is -2.29. The second-order valence-electron chi connectivity index (χ2n) is 8.83. The molecule has 2 aliphatic heterocycles. The number of likely N-dealkylation sites (tertiary alicyclic amines) is 1. The number of aliphatic hydroxyl groups is 1. The highest BCUT2D eigenvalue weighted by atomic mass is 19.1. The molecule has 1 atom stereocenters. The molecule has 9 heteroatoms. The predicted molar refractivity (Wildman–Crippen MR) is 127 cm³/mol. The van der Waals surface area contributed by atoms with Gasteiger partial charge in [0.05, 0.1) is 30.5 Å². The number of morpholine rings is 1. The average molecular weight is 479 g/mol. The van der Waals surface area contributed by atoms with Crippen LogP contribution in [0.25, 0.3) is 11.4 Å². The van der Waals surface area contributed by atoms with Crippen LogP contribution in [0.3, 0.4) is 0 Å². The fourth-order valence-corrected chi connectivity index (χ4v) is 4.95. The van der Waals surface area contributed by atoms with Crippen molar-refractivity contribution in [3.63, 3.8) is 0 Å². The summed E-state index contributed by atoms with van der Waals surface area (Å²) in [5.74, 6) is -2.28. The van der Waals surface area contributed by atoms with E-state index in [1.165, 1.54) is 23.1 Å². The summed E-state index contributed by atoms with van der Waals surface area (Å²) in [5.41, 5.74) is 1.84. The molecule has 1 N–H and O–H groups in total. The smallest absolute Gasteiger partial charge is 0.295 e. The van der Waals surface area contributed by atoms with Crippen LogP contribution in [0.15, 0.2) is 54.2 Å². The zero-order valence-corrected chi connectivity index (χ0v) is 19.5. The number of nitrogens with zero attached hydrogens (tertiary/aromatic N) is 4. The summed E-state index contributed by atoms with van der Waals surface area (Å²) in [6.07, 6.45) is 2.37. The summed E-state index contributed by atoms with van der Waals surface area (Å²) in [4.78, 5) is 34.6. The Labute approximate surface area is 202 Å². The van der Waals surface area contributed by atoms with Crippen molar-refractivity contribution in [2.75, 3.05) is 39.4 Å². The highest BCUT2D eigenvalue weighted by molar-refractivity contribution is 6.46. The average Bonchev–Trinajstić information content (AvgIpc) is 3.32. The van der Waals surface area contributed by atoms with Crippen LogP contribution in [0.1, 0.15) is 29.4 Å². The van der Waals surface area contributed by atoms with Gasteiger partial charge in [-0.15, -0.1) is 0 Å². The number of Topliss-reactive ketones (excluding diaryl/α,β-unsaturated/α-hetero) is 1. The Hall–Kier alpha value is -3.56. The summed E-state index contributed by atoms with van der Waals surface area (Å²) in [6.45, 7) is 5.76. The molecule has 2 aromatic heterocycles. The fourth-order valence-electron chi connectivity index (χ4n) is 4.95. The number of hydrogen-bond donors (Lipinski definition) is 1. The molecule has 0 bridgehead atoms. The molecule has 35 heavy (non-hydrogen) atoms. The van der Waals surface area contributed by atoms with Crippen LogP contribution < -0.4 is 0 Å².